The first kappa shape index (κ1) is 24.5. The standard InChI is InChI=1S/C44H26O/c1-2-7-27(8-3-1)32-19-24-40-39(26-32)44-36(11-6-12-41(44)45-40)35-21-16-30-17-22-37-34(20-15-29-18-23-38(35)43(30)42(29)37)33-14-13-28-9-4-5-10-31(28)25-33/h1-26H. The fraction of sp³-hybridized carbons (Fsp3) is 0. The van der Waals surface area contributed by atoms with Crippen LogP contribution >= 0.6 is 0 Å². The van der Waals surface area contributed by atoms with E-state index in [2.05, 4.69) is 158 Å². The van der Waals surface area contributed by atoms with Gasteiger partial charge in [-0.15, -0.1) is 0 Å². The van der Waals surface area contributed by atoms with Gasteiger partial charge in [0.1, 0.15) is 11.2 Å². The van der Waals surface area contributed by atoms with E-state index in [0.717, 1.165) is 21.9 Å². The lowest BCUT2D eigenvalue weighted by Gasteiger charge is -2.17. The summed E-state index contributed by atoms with van der Waals surface area (Å²) in [6, 6.07) is 57.3. The molecule has 1 nitrogen and oxygen atoms in total. The van der Waals surface area contributed by atoms with Gasteiger partial charge >= 0.3 is 0 Å². The van der Waals surface area contributed by atoms with Gasteiger partial charge in [-0.3, -0.25) is 0 Å². The highest BCUT2D eigenvalue weighted by Gasteiger charge is 2.18. The Morgan fingerprint density at radius 1 is 0.289 bits per heavy atom. The summed E-state index contributed by atoms with van der Waals surface area (Å²) >= 11 is 0. The molecule has 1 aromatic heterocycles. The molecule has 1 heterocycles. The van der Waals surface area contributed by atoms with Crippen LogP contribution in [0.15, 0.2) is 162 Å². The molecule has 0 radical (unpaired) electrons. The summed E-state index contributed by atoms with van der Waals surface area (Å²) in [6.07, 6.45) is 0. The van der Waals surface area contributed by atoms with Crippen LogP contribution in [-0.4, -0.2) is 0 Å². The second kappa shape index (κ2) is 9.29. The average Bonchev–Trinajstić information content (AvgIpc) is 3.49. The third-order valence-corrected chi connectivity index (χ3v) is 9.62. The summed E-state index contributed by atoms with van der Waals surface area (Å²) in [6.45, 7) is 0. The molecule has 0 saturated carbocycles. The highest BCUT2D eigenvalue weighted by atomic mass is 16.3. The zero-order valence-electron chi connectivity index (χ0n) is 24.4. The zero-order valence-corrected chi connectivity index (χ0v) is 24.4. The Balaban J connectivity index is 1.24. The fourth-order valence-corrected chi connectivity index (χ4v) is 7.51. The molecule has 10 rings (SSSR count). The molecule has 0 amide bonds. The summed E-state index contributed by atoms with van der Waals surface area (Å²) in [4.78, 5) is 0. The monoisotopic (exact) mass is 570 g/mol. The van der Waals surface area contributed by atoms with Crippen molar-refractivity contribution in [2.45, 2.75) is 0 Å². The van der Waals surface area contributed by atoms with Gasteiger partial charge in [-0.1, -0.05) is 133 Å². The molecule has 0 saturated heterocycles. The van der Waals surface area contributed by atoms with Crippen LogP contribution in [0.5, 0.6) is 0 Å². The van der Waals surface area contributed by atoms with Gasteiger partial charge in [-0.2, -0.15) is 0 Å². The minimum absolute atomic E-state index is 0.912. The Morgan fingerprint density at radius 2 is 0.956 bits per heavy atom. The maximum atomic E-state index is 6.43. The van der Waals surface area contributed by atoms with Gasteiger partial charge in [-0.05, 0) is 101 Å². The first-order valence-corrected chi connectivity index (χ1v) is 15.5. The van der Waals surface area contributed by atoms with Crippen molar-refractivity contribution in [1.29, 1.82) is 0 Å². The van der Waals surface area contributed by atoms with Gasteiger partial charge in [0.15, 0.2) is 0 Å². The maximum Gasteiger partial charge on any atom is 0.136 e. The van der Waals surface area contributed by atoms with Gasteiger partial charge in [0.25, 0.3) is 0 Å². The fourth-order valence-electron chi connectivity index (χ4n) is 7.51. The Kier molecular flexibility index (Phi) is 5.06. The van der Waals surface area contributed by atoms with E-state index in [4.69, 9.17) is 4.42 Å². The van der Waals surface area contributed by atoms with E-state index >= 15 is 0 Å². The highest BCUT2D eigenvalue weighted by Crippen LogP contribution is 2.45. The Hall–Kier alpha value is -5.92. The highest BCUT2D eigenvalue weighted by molar-refractivity contribution is 6.28. The third-order valence-electron chi connectivity index (χ3n) is 9.62. The minimum atomic E-state index is 0.912. The Labute approximate surface area is 259 Å². The van der Waals surface area contributed by atoms with Gasteiger partial charge in [-0.25, -0.2) is 0 Å². The van der Waals surface area contributed by atoms with Crippen LogP contribution in [0.2, 0.25) is 0 Å². The molecule has 1 heteroatoms. The zero-order chi connectivity index (χ0) is 29.5. The second-order valence-corrected chi connectivity index (χ2v) is 12.1. The number of hydrogen-bond donors (Lipinski definition) is 0. The average molecular weight is 571 g/mol. The van der Waals surface area contributed by atoms with Gasteiger partial charge in [0.05, 0.1) is 0 Å². The molecule has 0 atom stereocenters. The number of rotatable bonds is 3. The molecular weight excluding hydrogens is 544 g/mol. The molecule has 0 N–H and O–H groups in total. The number of benzene rings is 9. The number of fused-ring (bicyclic) bond motifs is 4. The van der Waals surface area contributed by atoms with E-state index in [0.29, 0.717) is 0 Å². The Bertz CT molecular complexity index is 2750. The van der Waals surface area contributed by atoms with Gasteiger partial charge in [0.2, 0.25) is 0 Å². The van der Waals surface area contributed by atoms with Gasteiger partial charge in [0, 0.05) is 10.8 Å². The second-order valence-electron chi connectivity index (χ2n) is 12.1. The molecule has 45 heavy (non-hydrogen) atoms. The lowest BCUT2D eigenvalue weighted by atomic mass is 9.86. The third kappa shape index (κ3) is 3.62. The van der Waals surface area contributed by atoms with E-state index in [9.17, 15) is 0 Å². The predicted molar refractivity (Wildman–Crippen MR) is 191 cm³/mol. The Morgan fingerprint density at radius 3 is 1.78 bits per heavy atom. The van der Waals surface area contributed by atoms with Crippen LogP contribution in [0.4, 0.5) is 0 Å². The van der Waals surface area contributed by atoms with E-state index in [1.54, 1.807) is 0 Å². The van der Waals surface area contributed by atoms with Crippen LogP contribution in [-0.2, 0) is 0 Å². The van der Waals surface area contributed by atoms with E-state index in [-0.39, 0.29) is 0 Å². The van der Waals surface area contributed by atoms with E-state index < -0.39 is 0 Å². The largest absolute Gasteiger partial charge is 0.456 e. The molecule has 0 aliphatic rings. The summed E-state index contributed by atoms with van der Waals surface area (Å²) in [5, 5.41) is 12.6. The molecular formula is C44H26O. The van der Waals surface area contributed by atoms with Crippen LogP contribution in [0.25, 0.3) is 98.4 Å². The lowest BCUT2D eigenvalue weighted by Crippen LogP contribution is -1.90. The summed E-state index contributed by atoms with van der Waals surface area (Å²) < 4.78 is 6.43. The molecule has 0 fully saturated rings. The van der Waals surface area contributed by atoms with Crippen LogP contribution < -0.4 is 0 Å². The number of furan rings is 1. The van der Waals surface area contributed by atoms with Crippen molar-refractivity contribution in [1.82, 2.24) is 0 Å². The van der Waals surface area contributed by atoms with Crippen molar-refractivity contribution in [3.8, 4) is 33.4 Å². The quantitative estimate of drug-likeness (QED) is 0.193. The van der Waals surface area contributed by atoms with Crippen LogP contribution in [0.3, 0.4) is 0 Å². The smallest absolute Gasteiger partial charge is 0.136 e. The van der Waals surface area contributed by atoms with E-state index in [1.807, 2.05) is 0 Å². The van der Waals surface area contributed by atoms with Crippen molar-refractivity contribution >= 4 is 65.0 Å². The normalized spacial score (nSPS) is 12.0. The summed E-state index contributed by atoms with van der Waals surface area (Å²) in [5.74, 6) is 0. The molecule has 208 valence electrons. The first-order valence-electron chi connectivity index (χ1n) is 15.5. The first-order chi connectivity index (χ1) is 22.3. The lowest BCUT2D eigenvalue weighted by molar-refractivity contribution is 0.669. The summed E-state index contributed by atoms with van der Waals surface area (Å²) in [5.41, 5.74) is 9.16. The van der Waals surface area contributed by atoms with Gasteiger partial charge < -0.3 is 4.42 Å². The predicted octanol–water partition coefficient (Wildman–Crippen LogP) is 12.6. The van der Waals surface area contributed by atoms with Crippen molar-refractivity contribution in [3.05, 3.63) is 158 Å². The molecule has 0 spiro atoms. The van der Waals surface area contributed by atoms with Crippen molar-refractivity contribution in [3.63, 3.8) is 0 Å². The summed E-state index contributed by atoms with van der Waals surface area (Å²) in [7, 11) is 0. The topological polar surface area (TPSA) is 13.1 Å². The van der Waals surface area contributed by atoms with Crippen molar-refractivity contribution in [2.75, 3.05) is 0 Å². The molecule has 0 aliphatic carbocycles. The molecule has 0 aliphatic heterocycles. The van der Waals surface area contributed by atoms with Crippen molar-refractivity contribution < 1.29 is 4.42 Å². The van der Waals surface area contributed by atoms with E-state index in [1.165, 1.54) is 76.5 Å². The molecule has 0 bridgehead atoms. The van der Waals surface area contributed by atoms with Crippen LogP contribution in [0.1, 0.15) is 0 Å². The molecule has 0 unspecified atom stereocenters. The molecule has 9 aromatic carbocycles. The number of hydrogen-bond acceptors (Lipinski definition) is 1. The maximum absolute atomic E-state index is 6.43. The van der Waals surface area contributed by atoms with Crippen LogP contribution in [0, 0.1) is 0 Å². The SMILES string of the molecule is c1ccc(-c2ccc3oc4cccc(-c5ccc6ccc7c(-c8ccc9ccccc9c8)ccc8ccc5c6c87)c4c3c2)cc1. The molecule has 10 aromatic rings. The van der Waals surface area contributed by atoms with Crippen molar-refractivity contribution in [2.24, 2.45) is 0 Å². The minimum Gasteiger partial charge on any atom is -0.456 e.